The van der Waals surface area contributed by atoms with Gasteiger partial charge in [-0.15, -0.1) is 11.3 Å². The first-order valence-electron chi connectivity index (χ1n) is 5.93. The molecule has 0 aromatic carbocycles. The third-order valence-electron chi connectivity index (χ3n) is 2.37. The van der Waals surface area contributed by atoms with Crippen molar-refractivity contribution in [3.05, 3.63) is 16.1 Å². The molecule has 102 valence electrons. The molecular weight excluding hydrogens is 250 g/mol. The molecule has 18 heavy (non-hydrogen) atoms. The minimum atomic E-state index is -0.288. The number of aliphatic hydroxyl groups is 1. The molecule has 0 radical (unpaired) electrons. The summed E-state index contributed by atoms with van der Waals surface area (Å²) in [6.45, 7) is 8.39. The first-order chi connectivity index (χ1) is 8.32. The summed E-state index contributed by atoms with van der Waals surface area (Å²) < 4.78 is 0. The number of aromatic nitrogens is 1. The third-order valence-corrected chi connectivity index (χ3v) is 3.22. The van der Waals surface area contributed by atoms with Gasteiger partial charge in [0.1, 0.15) is 5.01 Å². The molecule has 1 heterocycles. The summed E-state index contributed by atoms with van der Waals surface area (Å²) in [5, 5.41) is 17.0. The van der Waals surface area contributed by atoms with Crippen LogP contribution < -0.4 is 10.6 Å². The van der Waals surface area contributed by atoms with E-state index in [1.165, 1.54) is 0 Å². The number of rotatable bonds is 4. The first-order valence-corrected chi connectivity index (χ1v) is 6.81. The van der Waals surface area contributed by atoms with E-state index in [0.717, 1.165) is 10.7 Å². The maximum atomic E-state index is 11.4. The van der Waals surface area contributed by atoms with E-state index in [2.05, 4.69) is 36.4 Å². The van der Waals surface area contributed by atoms with Crippen LogP contribution in [0, 0.1) is 0 Å². The van der Waals surface area contributed by atoms with Crippen LogP contribution in [-0.4, -0.2) is 28.8 Å². The molecule has 0 aliphatic rings. The minimum absolute atomic E-state index is 0.0302. The van der Waals surface area contributed by atoms with Gasteiger partial charge in [0.05, 0.1) is 24.9 Å². The highest BCUT2D eigenvalue weighted by molar-refractivity contribution is 7.09. The van der Waals surface area contributed by atoms with Gasteiger partial charge in [-0.2, -0.15) is 0 Å². The van der Waals surface area contributed by atoms with E-state index in [-0.39, 0.29) is 24.1 Å². The van der Waals surface area contributed by atoms with Crippen LogP contribution in [0.25, 0.3) is 0 Å². The minimum Gasteiger partial charge on any atom is -0.394 e. The predicted octanol–water partition coefficient (Wildman–Crippen LogP) is 1.62. The van der Waals surface area contributed by atoms with E-state index < -0.39 is 0 Å². The molecule has 6 heteroatoms. The average molecular weight is 271 g/mol. The lowest BCUT2D eigenvalue weighted by Crippen LogP contribution is -2.41. The summed E-state index contributed by atoms with van der Waals surface area (Å²) in [4.78, 5) is 15.9. The Balaban J connectivity index is 2.45. The second-order valence-corrected chi connectivity index (χ2v) is 6.23. The van der Waals surface area contributed by atoms with Crippen molar-refractivity contribution in [2.24, 2.45) is 0 Å². The van der Waals surface area contributed by atoms with Crippen LogP contribution in [-0.2, 0) is 12.0 Å². The number of aliphatic hydroxyl groups excluding tert-OH is 1. The Morgan fingerprint density at radius 1 is 1.56 bits per heavy atom. The van der Waals surface area contributed by atoms with E-state index in [1.54, 1.807) is 18.3 Å². The number of thiazole rings is 1. The highest BCUT2D eigenvalue weighted by Crippen LogP contribution is 2.23. The maximum absolute atomic E-state index is 11.4. The van der Waals surface area contributed by atoms with Crippen molar-refractivity contribution in [1.29, 1.82) is 0 Å². The number of nitrogens with one attached hydrogen (secondary N) is 2. The van der Waals surface area contributed by atoms with Gasteiger partial charge in [-0.25, -0.2) is 9.78 Å². The number of hydrogen-bond acceptors (Lipinski definition) is 4. The molecule has 0 aliphatic heterocycles. The summed E-state index contributed by atoms with van der Waals surface area (Å²) in [7, 11) is 0. The Morgan fingerprint density at radius 2 is 2.22 bits per heavy atom. The standard InChI is InChI=1S/C12H21N3O2S/c1-8(6-16)14-11(17)13-5-10-15-9(7-18-10)12(2,3)4/h7-8,16H,5-6H2,1-4H3,(H2,13,14,17). The largest absolute Gasteiger partial charge is 0.394 e. The lowest BCUT2D eigenvalue weighted by atomic mass is 9.93. The Labute approximate surface area is 112 Å². The fraction of sp³-hybridized carbons (Fsp3) is 0.667. The molecule has 0 saturated carbocycles. The SMILES string of the molecule is CC(CO)NC(=O)NCc1nc(C(C)(C)C)cs1. The van der Waals surface area contributed by atoms with Crippen LogP contribution in [0.5, 0.6) is 0 Å². The molecule has 1 atom stereocenters. The zero-order valence-corrected chi connectivity index (χ0v) is 12.1. The number of amides is 2. The van der Waals surface area contributed by atoms with Gasteiger partial charge in [0.25, 0.3) is 0 Å². The lowest BCUT2D eigenvalue weighted by Gasteiger charge is -2.14. The first kappa shape index (κ1) is 14.9. The zero-order valence-electron chi connectivity index (χ0n) is 11.3. The fourth-order valence-corrected chi connectivity index (χ4v) is 2.17. The molecule has 0 aliphatic carbocycles. The van der Waals surface area contributed by atoms with Gasteiger partial charge < -0.3 is 15.7 Å². The van der Waals surface area contributed by atoms with E-state index in [0.29, 0.717) is 6.54 Å². The monoisotopic (exact) mass is 271 g/mol. The van der Waals surface area contributed by atoms with E-state index in [9.17, 15) is 4.79 Å². The quantitative estimate of drug-likeness (QED) is 0.779. The Kier molecular flexibility index (Phi) is 5.10. The van der Waals surface area contributed by atoms with Gasteiger partial charge in [-0.3, -0.25) is 0 Å². The van der Waals surface area contributed by atoms with Crippen molar-refractivity contribution in [3.8, 4) is 0 Å². The van der Waals surface area contributed by atoms with Gasteiger partial charge in [0.2, 0.25) is 0 Å². The molecule has 1 aromatic heterocycles. The number of urea groups is 1. The van der Waals surface area contributed by atoms with Crippen LogP contribution in [0.15, 0.2) is 5.38 Å². The third kappa shape index (κ3) is 4.62. The van der Waals surface area contributed by atoms with Crippen molar-refractivity contribution in [3.63, 3.8) is 0 Å². The lowest BCUT2D eigenvalue weighted by molar-refractivity contribution is 0.220. The van der Waals surface area contributed by atoms with Gasteiger partial charge >= 0.3 is 6.03 Å². The molecule has 0 saturated heterocycles. The van der Waals surface area contributed by atoms with Crippen LogP contribution >= 0.6 is 11.3 Å². The van der Waals surface area contributed by atoms with Crippen molar-refractivity contribution in [1.82, 2.24) is 15.6 Å². The summed E-state index contributed by atoms with van der Waals surface area (Å²) in [5.74, 6) is 0. The molecule has 1 aromatic rings. The summed E-state index contributed by atoms with van der Waals surface area (Å²) in [5.41, 5.74) is 1.07. The smallest absolute Gasteiger partial charge is 0.315 e. The zero-order chi connectivity index (χ0) is 13.8. The number of carbonyl (C=O) groups is 1. The molecule has 0 spiro atoms. The maximum Gasteiger partial charge on any atom is 0.315 e. The molecule has 2 amide bonds. The van der Waals surface area contributed by atoms with Crippen LogP contribution in [0.1, 0.15) is 38.4 Å². The molecular formula is C12H21N3O2S. The van der Waals surface area contributed by atoms with Crippen molar-refractivity contribution in [2.75, 3.05) is 6.61 Å². The van der Waals surface area contributed by atoms with Gasteiger partial charge in [-0.05, 0) is 6.92 Å². The number of hydrogen-bond donors (Lipinski definition) is 3. The second kappa shape index (κ2) is 6.15. The van der Waals surface area contributed by atoms with E-state index in [4.69, 9.17) is 5.11 Å². The average Bonchev–Trinajstić information content (AvgIpc) is 2.74. The van der Waals surface area contributed by atoms with Crippen molar-refractivity contribution < 1.29 is 9.90 Å². The molecule has 0 fully saturated rings. The van der Waals surface area contributed by atoms with Crippen LogP contribution in [0.2, 0.25) is 0 Å². The topological polar surface area (TPSA) is 74.2 Å². The molecule has 0 bridgehead atoms. The highest BCUT2D eigenvalue weighted by atomic mass is 32.1. The predicted molar refractivity (Wildman–Crippen MR) is 72.7 cm³/mol. The fourth-order valence-electron chi connectivity index (χ4n) is 1.21. The van der Waals surface area contributed by atoms with Crippen molar-refractivity contribution in [2.45, 2.75) is 45.7 Å². The molecule has 1 rings (SSSR count). The Bertz CT molecular complexity index is 398. The molecule has 5 nitrogen and oxygen atoms in total. The second-order valence-electron chi connectivity index (χ2n) is 5.29. The van der Waals surface area contributed by atoms with Gasteiger partial charge in [-0.1, -0.05) is 20.8 Å². The van der Waals surface area contributed by atoms with E-state index in [1.807, 2.05) is 5.38 Å². The normalized spacial score (nSPS) is 13.2. The van der Waals surface area contributed by atoms with Gasteiger partial charge in [0.15, 0.2) is 0 Å². The number of nitrogens with zero attached hydrogens (tertiary/aromatic N) is 1. The van der Waals surface area contributed by atoms with Gasteiger partial charge in [0, 0.05) is 10.8 Å². The number of carbonyl (C=O) groups excluding carboxylic acids is 1. The summed E-state index contributed by atoms with van der Waals surface area (Å²) in [6.07, 6.45) is 0. The van der Waals surface area contributed by atoms with Crippen LogP contribution in [0.4, 0.5) is 4.79 Å². The molecule has 1 unspecified atom stereocenters. The highest BCUT2D eigenvalue weighted by Gasteiger charge is 2.17. The summed E-state index contributed by atoms with van der Waals surface area (Å²) in [6, 6.07) is -0.532. The molecule has 3 N–H and O–H groups in total. The van der Waals surface area contributed by atoms with E-state index >= 15 is 0 Å². The summed E-state index contributed by atoms with van der Waals surface area (Å²) >= 11 is 1.54. The Hall–Kier alpha value is -1.14. The van der Waals surface area contributed by atoms with Crippen LogP contribution in [0.3, 0.4) is 0 Å². The Morgan fingerprint density at radius 3 is 2.72 bits per heavy atom. The van der Waals surface area contributed by atoms with Crippen molar-refractivity contribution >= 4 is 17.4 Å².